The number of nitrogens with zero attached hydrogens (tertiary/aromatic N) is 3. The minimum Gasteiger partial charge on any atom is -0.493 e. The number of aliphatic hydroxyl groups excluding tert-OH is 1. The van der Waals surface area contributed by atoms with E-state index >= 15 is 0 Å². The lowest BCUT2D eigenvalue weighted by atomic mass is 10.0. The molecular weight excluding hydrogens is 310 g/mol. The molecule has 2 aromatic carbocycles. The van der Waals surface area contributed by atoms with Crippen LogP contribution in [0.1, 0.15) is 15.9 Å². The molecule has 0 radical (unpaired) electrons. The average molecular weight is 327 g/mol. The summed E-state index contributed by atoms with van der Waals surface area (Å²) in [5.41, 5.74) is 9.26. The van der Waals surface area contributed by atoms with Crippen molar-refractivity contribution in [2.24, 2.45) is 5.11 Å². The van der Waals surface area contributed by atoms with Crippen molar-refractivity contribution in [3.05, 3.63) is 70.1 Å². The molecule has 0 saturated heterocycles. The first-order valence-electron chi connectivity index (χ1n) is 7.36. The molecule has 24 heavy (non-hydrogen) atoms. The lowest BCUT2D eigenvalue weighted by molar-refractivity contribution is 0.103. The van der Waals surface area contributed by atoms with E-state index in [2.05, 4.69) is 10.0 Å². The summed E-state index contributed by atoms with van der Waals surface area (Å²) in [6, 6.07) is 13.5. The molecule has 0 saturated carbocycles. The highest BCUT2D eigenvalue weighted by atomic mass is 16.5. The molecule has 0 bridgehead atoms. The minimum absolute atomic E-state index is 0.0576. The van der Waals surface area contributed by atoms with Gasteiger partial charge in [0.05, 0.1) is 19.8 Å². The van der Waals surface area contributed by atoms with Crippen molar-refractivity contribution >= 4 is 5.78 Å². The second-order valence-corrected chi connectivity index (χ2v) is 4.75. The first kappa shape index (κ1) is 17.3. The fraction of sp³-hybridized carbons (Fsp3) is 0.235. The Balaban J connectivity index is 1.97. The summed E-state index contributed by atoms with van der Waals surface area (Å²) in [5, 5.41) is 12.1. The molecule has 0 unspecified atom stereocenters. The Hall–Kier alpha value is -3.02. The van der Waals surface area contributed by atoms with Gasteiger partial charge in [0.1, 0.15) is 18.1 Å². The van der Waals surface area contributed by atoms with Crippen LogP contribution in [0.5, 0.6) is 11.5 Å². The van der Waals surface area contributed by atoms with Gasteiger partial charge in [0.25, 0.3) is 0 Å². The molecule has 2 aromatic rings. The molecule has 1 N–H and O–H groups in total. The Morgan fingerprint density at radius 1 is 0.958 bits per heavy atom. The van der Waals surface area contributed by atoms with Crippen LogP contribution in [0.4, 0.5) is 0 Å². The second-order valence-electron chi connectivity index (χ2n) is 4.75. The number of hydrogen-bond acceptors (Lipinski definition) is 5. The maximum atomic E-state index is 12.4. The maximum absolute atomic E-state index is 12.4. The second kappa shape index (κ2) is 9.19. The zero-order chi connectivity index (χ0) is 17.2. The van der Waals surface area contributed by atoms with Crippen LogP contribution in [0, 0.1) is 0 Å². The van der Waals surface area contributed by atoms with E-state index < -0.39 is 0 Å². The van der Waals surface area contributed by atoms with Crippen LogP contribution in [0.2, 0.25) is 0 Å². The number of aliphatic hydroxyl groups is 1. The van der Waals surface area contributed by atoms with Crippen molar-refractivity contribution in [1.82, 2.24) is 0 Å². The third-order valence-corrected chi connectivity index (χ3v) is 3.12. The van der Waals surface area contributed by atoms with Crippen LogP contribution < -0.4 is 9.47 Å². The lowest BCUT2D eigenvalue weighted by Crippen LogP contribution is -2.04. The van der Waals surface area contributed by atoms with Crippen molar-refractivity contribution in [3.8, 4) is 11.5 Å². The fourth-order valence-corrected chi connectivity index (χ4v) is 1.98. The Morgan fingerprint density at radius 3 is 1.92 bits per heavy atom. The van der Waals surface area contributed by atoms with Gasteiger partial charge in [-0.25, -0.2) is 0 Å². The molecule has 0 aliphatic heterocycles. The van der Waals surface area contributed by atoms with E-state index in [-0.39, 0.29) is 32.1 Å². The molecule has 0 atom stereocenters. The smallest absolute Gasteiger partial charge is 0.193 e. The third-order valence-electron chi connectivity index (χ3n) is 3.12. The van der Waals surface area contributed by atoms with Crippen molar-refractivity contribution in [2.75, 3.05) is 26.4 Å². The molecule has 2 rings (SSSR count). The van der Waals surface area contributed by atoms with Gasteiger partial charge >= 0.3 is 0 Å². The summed E-state index contributed by atoms with van der Waals surface area (Å²) in [5.74, 6) is 1.10. The SMILES string of the molecule is [N-]=[N+]=NCCOc1ccc(C(=O)c2ccc(OCCO)cc2)cc1. The summed E-state index contributed by atoms with van der Waals surface area (Å²) in [6.45, 7) is 0.695. The molecule has 0 aromatic heterocycles. The van der Waals surface area contributed by atoms with Gasteiger partial charge in [0, 0.05) is 16.0 Å². The van der Waals surface area contributed by atoms with Crippen LogP contribution in [-0.4, -0.2) is 37.3 Å². The summed E-state index contributed by atoms with van der Waals surface area (Å²) >= 11 is 0. The molecule has 0 heterocycles. The van der Waals surface area contributed by atoms with E-state index in [0.29, 0.717) is 22.6 Å². The highest BCUT2D eigenvalue weighted by Gasteiger charge is 2.09. The van der Waals surface area contributed by atoms with Gasteiger partial charge in [0.2, 0.25) is 0 Å². The Morgan fingerprint density at radius 2 is 1.46 bits per heavy atom. The van der Waals surface area contributed by atoms with Crippen LogP contribution in [0.15, 0.2) is 53.6 Å². The first-order valence-corrected chi connectivity index (χ1v) is 7.36. The van der Waals surface area contributed by atoms with Crippen LogP contribution >= 0.6 is 0 Å². The zero-order valence-electron chi connectivity index (χ0n) is 13.0. The minimum atomic E-state index is -0.107. The van der Waals surface area contributed by atoms with Crippen LogP contribution in [0.3, 0.4) is 0 Å². The van der Waals surface area contributed by atoms with E-state index in [1.54, 1.807) is 48.5 Å². The van der Waals surface area contributed by atoms with Crippen molar-refractivity contribution < 1.29 is 19.4 Å². The van der Waals surface area contributed by atoms with E-state index in [9.17, 15) is 4.79 Å². The average Bonchev–Trinajstić information content (AvgIpc) is 2.64. The molecule has 7 nitrogen and oxygen atoms in total. The van der Waals surface area contributed by atoms with E-state index in [0.717, 1.165) is 0 Å². The molecule has 7 heteroatoms. The molecule has 0 aliphatic rings. The molecule has 0 amide bonds. The number of carbonyl (C=O) groups is 1. The van der Waals surface area contributed by atoms with E-state index in [4.69, 9.17) is 20.1 Å². The fourth-order valence-electron chi connectivity index (χ4n) is 1.98. The van der Waals surface area contributed by atoms with Gasteiger partial charge in [0.15, 0.2) is 5.78 Å². The summed E-state index contributed by atoms with van der Waals surface area (Å²) in [6.07, 6.45) is 0. The van der Waals surface area contributed by atoms with Gasteiger partial charge in [-0.15, -0.1) is 0 Å². The molecule has 0 fully saturated rings. The largest absolute Gasteiger partial charge is 0.493 e. The van der Waals surface area contributed by atoms with Crippen molar-refractivity contribution in [1.29, 1.82) is 0 Å². The number of azide groups is 1. The number of hydrogen-bond donors (Lipinski definition) is 1. The monoisotopic (exact) mass is 327 g/mol. The number of carbonyl (C=O) groups excluding carboxylic acids is 1. The zero-order valence-corrected chi connectivity index (χ0v) is 13.0. The molecule has 124 valence electrons. The first-order chi connectivity index (χ1) is 11.7. The number of benzene rings is 2. The number of rotatable bonds is 9. The third kappa shape index (κ3) is 5.01. The normalized spacial score (nSPS) is 9.88. The van der Waals surface area contributed by atoms with Gasteiger partial charge in [-0.3, -0.25) is 4.79 Å². The predicted molar refractivity (Wildman–Crippen MR) is 88.4 cm³/mol. The van der Waals surface area contributed by atoms with Gasteiger partial charge in [-0.05, 0) is 54.1 Å². The number of ether oxygens (including phenoxy) is 2. The van der Waals surface area contributed by atoms with Crippen LogP contribution in [-0.2, 0) is 0 Å². The highest BCUT2D eigenvalue weighted by molar-refractivity contribution is 6.09. The maximum Gasteiger partial charge on any atom is 0.193 e. The lowest BCUT2D eigenvalue weighted by Gasteiger charge is -2.07. The summed E-state index contributed by atoms with van der Waals surface area (Å²) in [4.78, 5) is 15.0. The van der Waals surface area contributed by atoms with Crippen LogP contribution in [0.25, 0.3) is 10.4 Å². The highest BCUT2D eigenvalue weighted by Crippen LogP contribution is 2.18. The number of ketones is 1. The van der Waals surface area contributed by atoms with Crippen molar-refractivity contribution in [3.63, 3.8) is 0 Å². The summed E-state index contributed by atoms with van der Waals surface area (Å²) < 4.78 is 10.6. The van der Waals surface area contributed by atoms with Gasteiger partial charge < -0.3 is 14.6 Å². The van der Waals surface area contributed by atoms with Gasteiger partial charge in [-0.2, -0.15) is 0 Å². The quantitative estimate of drug-likeness (QED) is 0.251. The topological polar surface area (TPSA) is 105 Å². The standard InChI is InChI=1S/C17H17N3O4/c18-20-19-9-11-23-15-5-1-13(2-6-15)17(22)14-3-7-16(8-4-14)24-12-10-21/h1-8,21H,9-12H2. The Kier molecular flexibility index (Phi) is 6.64. The van der Waals surface area contributed by atoms with E-state index in [1.165, 1.54) is 0 Å². The van der Waals surface area contributed by atoms with Gasteiger partial charge in [-0.1, -0.05) is 5.11 Å². The molecule has 0 spiro atoms. The van der Waals surface area contributed by atoms with E-state index in [1.807, 2.05) is 0 Å². The molecule has 0 aliphatic carbocycles. The van der Waals surface area contributed by atoms with Crippen molar-refractivity contribution in [2.45, 2.75) is 0 Å². The Bertz CT molecular complexity index is 708. The predicted octanol–water partition coefficient (Wildman–Crippen LogP) is 2.98. The molecular formula is C17H17N3O4. The Labute approximate surface area is 139 Å². The summed E-state index contributed by atoms with van der Waals surface area (Å²) in [7, 11) is 0.